The molecule has 0 saturated heterocycles. The van der Waals surface area contributed by atoms with Crippen molar-refractivity contribution in [2.45, 2.75) is 12.5 Å². The van der Waals surface area contributed by atoms with Crippen LogP contribution in [-0.4, -0.2) is 15.8 Å². The molecule has 1 aliphatic rings. The van der Waals surface area contributed by atoms with Gasteiger partial charge in [-0.3, -0.25) is 0 Å². The second-order valence-corrected chi connectivity index (χ2v) is 5.79. The summed E-state index contributed by atoms with van der Waals surface area (Å²) in [5.74, 6) is 1.56. The van der Waals surface area contributed by atoms with E-state index in [0.717, 1.165) is 22.9 Å². The van der Waals surface area contributed by atoms with Gasteiger partial charge in [0.05, 0.1) is 12.5 Å². The topological polar surface area (TPSA) is 53.9 Å². The Hall–Kier alpha value is -2.86. The molecular formula is C18H15N3O2S. The largest absolute Gasteiger partial charge is 0.467 e. The van der Waals surface area contributed by atoms with Crippen molar-refractivity contribution in [2.75, 3.05) is 5.32 Å². The molecule has 1 aromatic carbocycles. The predicted octanol–water partition coefficient (Wildman–Crippen LogP) is 4.42. The maximum Gasteiger partial charge on any atom is 0.194 e. The number of nitrogens with zero attached hydrogens (tertiary/aromatic N) is 2. The Labute approximate surface area is 144 Å². The van der Waals surface area contributed by atoms with Crippen LogP contribution >= 0.6 is 12.2 Å². The summed E-state index contributed by atoms with van der Waals surface area (Å²) in [5, 5.41) is 10.2. The lowest BCUT2D eigenvalue weighted by Crippen LogP contribution is -2.30. The Bertz CT molecular complexity index is 842. The number of nitrogens with one attached hydrogen (secondary N) is 1. The Morgan fingerprint density at radius 2 is 1.83 bits per heavy atom. The summed E-state index contributed by atoms with van der Waals surface area (Å²) in [7, 11) is 0. The third-order valence-corrected chi connectivity index (χ3v) is 4.11. The van der Waals surface area contributed by atoms with E-state index < -0.39 is 0 Å². The predicted molar refractivity (Wildman–Crippen MR) is 95.8 cm³/mol. The fraction of sp³-hybridized carbons (Fsp3) is 0.111. The van der Waals surface area contributed by atoms with Crippen LogP contribution < -0.4 is 5.32 Å². The van der Waals surface area contributed by atoms with Crippen LogP contribution in [0.2, 0.25) is 0 Å². The molecule has 1 aliphatic heterocycles. The van der Waals surface area contributed by atoms with E-state index >= 15 is 0 Å². The van der Waals surface area contributed by atoms with Crippen LogP contribution in [-0.2, 0) is 0 Å². The molecule has 5 nitrogen and oxygen atoms in total. The average molecular weight is 337 g/mol. The van der Waals surface area contributed by atoms with Crippen molar-refractivity contribution in [2.24, 2.45) is 5.10 Å². The minimum atomic E-state index is -0.0937. The molecule has 120 valence electrons. The number of hydrazone groups is 1. The number of para-hydroxylation sites is 1. The van der Waals surface area contributed by atoms with Crippen LogP contribution in [0.3, 0.4) is 0 Å². The van der Waals surface area contributed by atoms with Gasteiger partial charge in [-0.2, -0.15) is 5.10 Å². The van der Waals surface area contributed by atoms with Gasteiger partial charge in [-0.1, -0.05) is 18.2 Å². The molecule has 0 bridgehead atoms. The van der Waals surface area contributed by atoms with Crippen molar-refractivity contribution in [3.8, 4) is 0 Å². The highest BCUT2D eigenvalue weighted by Crippen LogP contribution is 2.33. The molecule has 4 rings (SSSR count). The molecule has 24 heavy (non-hydrogen) atoms. The molecule has 1 unspecified atom stereocenters. The van der Waals surface area contributed by atoms with Crippen LogP contribution in [0.5, 0.6) is 0 Å². The van der Waals surface area contributed by atoms with Crippen molar-refractivity contribution in [3.05, 3.63) is 78.6 Å². The molecule has 0 spiro atoms. The second-order valence-electron chi connectivity index (χ2n) is 5.40. The van der Waals surface area contributed by atoms with E-state index in [-0.39, 0.29) is 6.04 Å². The van der Waals surface area contributed by atoms with Crippen LogP contribution in [0.1, 0.15) is 24.0 Å². The van der Waals surface area contributed by atoms with Crippen molar-refractivity contribution < 1.29 is 8.83 Å². The fourth-order valence-electron chi connectivity index (χ4n) is 2.69. The minimum Gasteiger partial charge on any atom is -0.467 e. The number of rotatable bonds is 3. The summed E-state index contributed by atoms with van der Waals surface area (Å²) in [4.78, 5) is 0. The Balaban J connectivity index is 1.62. The lowest BCUT2D eigenvalue weighted by molar-refractivity contribution is 0.317. The maximum atomic E-state index is 5.58. The zero-order valence-corrected chi connectivity index (χ0v) is 13.6. The average Bonchev–Trinajstić information content (AvgIpc) is 3.35. The van der Waals surface area contributed by atoms with Gasteiger partial charge in [0.25, 0.3) is 0 Å². The molecule has 1 atom stereocenters. The first-order chi connectivity index (χ1) is 11.8. The summed E-state index contributed by atoms with van der Waals surface area (Å²) in [5.41, 5.74) is 1.76. The first kappa shape index (κ1) is 14.7. The maximum absolute atomic E-state index is 5.58. The number of furan rings is 2. The summed E-state index contributed by atoms with van der Waals surface area (Å²) in [6.45, 7) is 0. The fourth-order valence-corrected chi connectivity index (χ4v) is 2.98. The standard InChI is InChI=1S/C18H15N3O2S/c24-18(19-13-6-2-1-3-7-13)21-15(17-9-5-11-23-17)12-14(20-21)16-8-4-10-22-16/h1-11,15H,12H2,(H,19,24). The molecule has 0 amide bonds. The van der Waals surface area contributed by atoms with Crippen LogP contribution in [0.25, 0.3) is 0 Å². The third kappa shape index (κ3) is 2.83. The van der Waals surface area contributed by atoms with Crippen molar-refractivity contribution in [1.29, 1.82) is 0 Å². The van der Waals surface area contributed by atoms with Crippen molar-refractivity contribution in [3.63, 3.8) is 0 Å². The molecule has 0 fully saturated rings. The van der Waals surface area contributed by atoms with Gasteiger partial charge in [0, 0.05) is 12.1 Å². The van der Waals surface area contributed by atoms with E-state index in [4.69, 9.17) is 21.1 Å². The highest BCUT2D eigenvalue weighted by molar-refractivity contribution is 7.80. The molecule has 0 radical (unpaired) electrons. The van der Waals surface area contributed by atoms with Gasteiger partial charge in [0.1, 0.15) is 23.3 Å². The molecular weight excluding hydrogens is 322 g/mol. The summed E-state index contributed by atoms with van der Waals surface area (Å²) < 4.78 is 11.1. The van der Waals surface area contributed by atoms with E-state index in [1.165, 1.54) is 0 Å². The lowest BCUT2D eigenvalue weighted by atomic mass is 10.1. The van der Waals surface area contributed by atoms with E-state index in [1.54, 1.807) is 17.5 Å². The van der Waals surface area contributed by atoms with Crippen molar-refractivity contribution in [1.82, 2.24) is 5.01 Å². The van der Waals surface area contributed by atoms with Crippen LogP contribution in [0.15, 0.2) is 81.1 Å². The Morgan fingerprint density at radius 1 is 1.04 bits per heavy atom. The highest BCUT2D eigenvalue weighted by atomic mass is 32.1. The van der Waals surface area contributed by atoms with Gasteiger partial charge < -0.3 is 14.2 Å². The molecule has 3 aromatic rings. The first-order valence-electron chi connectivity index (χ1n) is 7.61. The van der Waals surface area contributed by atoms with E-state index in [0.29, 0.717) is 11.5 Å². The summed E-state index contributed by atoms with van der Waals surface area (Å²) >= 11 is 5.56. The number of thiocarbonyl (C=S) groups is 1. The molecule has 1 N–H and O–H groups in total. The van der Waals surface area contributed by atoms with E-state index in [1.807, 2.05) is 54.6 Å². The van der Waals surface area contributed by atoms with E-state index in [9.17, 15) is 0 Å². The third-order valence-electron chi connectivity index (χ3n) is 3.82. The summed E-state index contributed by atoms with van der Waals surface area (Å²) in [6.07, 6.45) is 3.96. The lowest BCUT2D eigenvalue weighted by Gasteiger charge is -2.23. The summed E-state index contributed by atoms with van der Waals surface area (Å²) in [6, 6.07) is 17.2. The Kier molecular flexibility index (Phi) is 3.88. The molecule has 6 heteroatoms. The zero-order valence-electron chi connectivity index (χ0n) is 12.8. The number of benzene rings is 1. The molecule has 3 heterocycles. The van der Waals surface area contributed by atoms with Crippen LogP contribution in [0, 0.1) is 0 Å². The highest BCUT2D eigenvalue weighted by Gasteiger charge is 2.34. The van der Waals surface area contributed by atoms with Gasteiger partial charge in [0.2, 0.25) is 0 Å². The van der Waals surface area contributed by atoms with Gasteiger partial charge in [-0.25, -0.2) is 5.01 Å². The molecule has 0 aliphatic carbocycles. The van der Waals surface area contributed by atoms with Gasteiger partial charge in [-0.05, 0) is 48.6 Å². The molecule has 2 aromatic heterocycles. The van der Waals surface area contributed by atoms with Crippen molar-refractivity contribution >= 4 is 28.7 Å². The zero-order chi connectivity index (χ0) is 16.4. The van der Waals surface area contributed by atoms with Gasteiger partial charge in [0.15, 0.2) is 5.11 Å². The van der Waals surface area contributed by atoms with Gasteiger partial charge >= 0.3 is 0 Å². The first-order valence-corrected chi connectivity index (χ1v) is 8.02. The second kappa shape index (κ2) is 6.33. The van der Waals surface area contributed by atoms with Crippen LogP contribution in [0.4, 0.5) is 5.69 Å². The minimum absolute atomic E-state index is 0.0937. The Morgan fingerprint density at radius 3 is 2.54 bits per heavy atom. The number of hydrogen-bond donors (Lipinski definition) is 1. The van der Waals surface area contributed by atoms with E-state index in [2.05, 4.69) is 10.4 Å². The molecule has 0 saturated carbocycles. The SMILES string of the molecule is S=C(Nc1ccccc1)N1N=C(c2ccco2)CC1c1ccco1. The number of hydrogen-bond acceptors (Lipinski definition) is 4. The smallest absolute Gasteiger partial charge is 0.194 e. The monoisotopic (exact) mass is 337 g/mol. The quantitative estimate of drug-likeness (QED) is 0.717. The normalized spacial score (nSPS) is 16.9. The van der Waals surface area contributed by atoms with Gasteiger partial charge in [-0.15, -0.1) is 0 Å². The number of anilines is 1.